The standard InChI is InChI=1S/C45H44O14/c1-27(2)41(50)56-25-33(58-43(52)37-13-9-7-11-35(37)39(46)47)23-54-31-19-15-29(16-20-31)45(5,6)30-17-21-32(22-18-30)55-24-34(26-57-42(51)28(3)4)59-44(53)38-14-10-8-12-36(38)40(48)49/h7-22,33-34H,1,3,23-26H2,2,4-6H3,(H,46,47)(H,48,49). The maximum Gasteiger partial charge on any atom is 0.339 e. The lowest BCUT2D eigenvalue weighted by molar-refractivity contribution is -0.143. The lowest BCUT2D eigenvalue weighted by Crippen LogP contribution is -2.31. The number of hydrogen-bond donors (Lipinski definition) is 2. The molecule has 4 aromatic rings. The second-order valence-electron chi connectivity index (χ2n) is 13.8. The van der Waals surface area contributed by atoms with E-state index in [-0.39, 0.29) is 59.8 Å². The smallest absolute Gasteiger partial charge is 0.339 e. The third kappa shape index (κ3) is 12.4. The zero-order chi connectivity index (χ0) is 43.3. The minimum absolute atomic E-state index is 0.140. The van der Waals surface area contributed by atoms with E-state index in [2.05, 4.69) is 13.2 Å². The van der Waals surface area contributed by atoms with Crippen LogP contribution < -0.4 is 9.47 Å². The van der Waals surface area contributed by atoms with Crippen LogP contribution in [-0.4, -0.2) is 84.7 Å². The molecule has 0 aliphatic rings. The Morgan fingerprint density at radius 1 is 0.525 bits per heavy atom. The topological polar surface area (TPSA) is 198 Å². The Bertz CT molecular complexity index is 2050. The number of carboxylic acids is 2. The molecule has 0 fully saturated rings. The van der Waals surface area contributed by atoms with Crippen LogP contribution in [0.15, 0.2) is 121 Å². The second-order valence-corrected chi connectivity index (χ2v) is 13.8. The highest BCUT2D eigenvalue weighted by molar-refractivity contribution is 6.03. The predicted octanol–water partition coefficient (Wildman–Crippen LogP) is 6.86. The molecule has 2 unspecified atom stereocenters. The summed E-state index contributed by atoms with van der Waals surface area (Å²) >= 11 is 0. The van der Waals surface area contributed by atoms with E-state index in [0.29, 0.717) is 11.5 Å². The number of hydrogen-bond acceptors (Lipinski definition) is 12. The molecule has 4 rings (SSSR count). The third-order valence-electron chi connectivity index (χ3n) is 8.82. The molecule has 0 radical (unpaired) electrons. The minimum atomic E-state index is -1.31. The Hall–Kier alpha value is -7.22. The molecule has 0 amide bonds. The summed E-state index contributed by atoms with van der Waals surface area (Å²) in [6, 6.07) is 25.5. The summed E-state index contributed by atoms with van der Waals surface area (Å²) in [7, 11) is 0. The van der Waals surface area contributed by atoms with Crippen molar-refractivity contribution in [2.75, 3.05) is 26.4 Å². The zero-order valence-electron chi connectivity index (χ0n) is 32.9. The summed E-state index contributed by atoms with van der Waals surface area (Å²) in [6.45, 7) is 12.9. The molecule has 308 valence electrons. The van der Waals surface area contributed by atoms with Gasteiger partial charge < -0.3 is 38.6 Å². The van der Waals surface area contributed by atoms with E-state index in [0.717, 1.165) is 11.1 Å². The van der Waals surface area contributed by atoms with Gasteiger partial charge in [0.15, 0.2) is 12.2 Å². The molecule has 14 heteroatoms. The molecule has 4 aromatic carbocycles. The summed E-state index contributed by atoms with van der Waals surface area (Å²) in [5.41, 5.74) is 0.752. The molecule has 59 heavy (non-hydrogen) atoms. The Balaban J connectivity index is 1.41. The van der Waals surface area contributed by atoms with Gasteiger partial charge in [-0.3, -0.25) is 0 Å². The molecular weight excluding hydrogens is 764 g/mol. The van der Waals surface area contributed by atoms with E-state index < -0.39 is 53.4 Å². The summed E-state index contributed by atoms with van der Waals surface area (Å²) in [6.07, 6.45) is -2.18. The fourth-order valence-electron chi connectivity index (χ4n) is 5.42. The van der Waals surface area contributed by atoms with Gasteiger partial charge in [-0.1, -0.05) is 75.5 Å². The first-order valence-corrected chi connectivity index (χ1v) is 18.2. The van der Waals surface area contributed by atoms with Crippen molar-refractivity contribution in [2.45, 2.75) is 45.3 Å². The van der Waals surface area contributed by atoms with Gasteiger partial charge in [-0.2, -0.15) is 0 Å². The SMILES string of the molecule is C=C(C)C(=O)OCC(COc1ccc(C(C)(C)c2ccc(OCC(COC(=O)C(=C)C)OC(=O)c3ccccc3C(=O)O)cc2)cc1)OC(=O)c1ccccc1C(=O)O. The van der Waals surface area contributed by atoms with Crippen LogP contribution in [-0.2, 0) is 34.0 Å². The van der Waals surface area contributed by atoms with Gasteiger partial charge >= 0.3 is 35.8 Å². The Morgan fingerprint density at radius 2 is 0.847 bits per heavy atom. The average Bonchev–Trinajstić information content (AvgIpc) is 3.22. The highest BCUT2D eigenvalue weighted by atomic mass is 16.6. The fourth-order valence-corrected chi connectivity index (χ4v) is 5.42. The van der Waals surface area contributed by atoms with Gasteiger partial charge in [-0.15, -0.1) is 0 Å². The number of rotatable bonds is 20. The average molecular weight is 809 g/mol. The van der Waals surface area contributed by atoms with Crippen molar-refractivity contribution >= 4 is 35.8 Å². The predicted molar refractivity (Wildman–Crippen MR) is 213 cm³/mol. The van der Waals surface area contributed by atoms with Crippen molar-refractivity contribution in [1.29, 1.82) is 0 Å². The van der Waals surface area contributed by atoms with Gasteiger partial charge in [0.2, 0.25) is 0 Å². The maximum atomic E-state index is 13.0. The van der Waals surface area contributed by atoms with Crippen LogP contribution in [0.25, 0.3) is 0 Å². The number of carbonyl (C=O) groups is 6. The van der Waals surface area contributed by atoms with E-state index >= 15 is 0 Å². The largest absolute Gasteiger partial charge is 0.490 e. The lowest BCUT2D eigenvalue weighted by atomic mass is 9.78. The van der Waals surface area contributed by atoms with Crippen molar-refractivity contribution in [1.82, 2.24) is 0 Å². The van der Waals surface area contributed by atoms with Crippen LogP contribution in [0, 0.1) is 0 Å². The van der Waals surface area contributed by atoms with Crippen molar-refractivity contribution in [3.63, 3.8) is 0 Å². The van der Waals surface area contributed by atoms with Gasteiger partial charge in [0, 0.05) is 16.6 Å². The molecule has 0 saturated heterocycles. The number of ether oxygens (including phenoxy) is 6. The minimum Gasteiger partial charge on any atom is -0.490 e. The van der Waals surface area contributed by atoms with Gasteiger partial charge in [-0.05, 0) is 73.5 Å². The molecule has 2 N–H and O–H groups in total. The number of benzene rings is 4. The number of carboxylic acid groups (broad SMARTS) is 2. The van der Waals surface area contributed by atoms with E-state index in [1.54, 1.807) is 24.3 Å². The first-order valence-electron chi connectivity index (χ1n) is 18.2. The fraction of sp³-hybridized carbons (Fsp3) is 0.244. The number of carbonyl (C=O) groups excluding carboxylic acids is 4. The van der Waals surface area contributed by atoms with E-state index in [9.17, 15) is 39.0 Å². The summed E-state index contributed by atoms with van der Waals surface area (Å²) in [4.78, 5) is 73.4. The first-order chi connectivity index (χ1) is 28.0. The Kier molecular flexibility index (Phi) is 15.3. The van der Waals surface area contributed by atoms with E-state index in [1.165, 1.54) is 62.4 Å². The van der Waals surface area contributed by atoms with Crippen molar-refractivity contribution in [3.8, 4) is 11.5 Å². The van der Waals surface area contributed by atoms with Crippen LogP contribution in [0.1, 0.15) is 80.3 Å². The molecule has 0 aliphatic heterocycles. The van der Waals surface area contributed by atoms with Crippen molar-refractivity contribution in [2.24, 2.45) is 0 Å². The summed E-state index contributed by atoms with van der Waals surface area (Å²) in [5, 5.41) is 19.0. The van der Waals surface area contributed by atoms with Gasteiger partial charge in [0.1, 0.15) is 37.9 Å². The second kappa shape index (κ2) is 20.3. The monoisotopic (exact) mass is 808 g/mol. The van der Waals surface area contributed by atoms with Gasteiger partial charge in [-0.25, -0.2) is 28.8 Å². The number of aromatic carboxylic acids is 2. The van der Waals surface area contributed by atoms with Crippen molar-refractivity contribution in [3.05, 3.63) is 155 Å². The van der Waals surface area contributed by atoms with Crippen molar-refractivity contribution < 1.29 is 67.4 Å². The number of esters is 4. The van der Waals surface area contributed by atoms with Crippen LogP contribution in [0.4, 0.5) is 0 Å². The van der Waals surface area contributed by atoms with Crippen LogP contribution in [0.3, 0.4) is 0 Å². The molecule has 0 aromatic heterocycles. The molecule has 0 bridgehead atoms. The van der Waals surface area contributed by atoms with Crippen LogP contribution in [0.2, 0.25) is 0 Å². The molecule has 0 saturated carbocycles. The zero-order valence-corrected chi connectivity index (χ0v) is 32.9. The van der Waals surface area contributed by atoms with Crippen LogP contribution >= 0.6 is 0 Å². The van der Waals surface area contributed by atoms with E-state index in [1.807, 2.05) is 38.1 Å². The van der Waals surface area contributed by atoms with Gasteiger partial charge in [0.05, 0.1) is 22.3 Å². The molecular formula is C45H44O14. The normalized spacial score (nSPS) is 11.9. The molecule has 0 aliphatic carbocycles. The summed E-state index contributed by atoms with van der Waals surface area (Å²) < 4.78 is 33.3. The lowest BCUT2D eigenvalue weighted by Gasteiger charge is -2.27. The molecule has 0 heterocycles. The van der Waals surface area contributed by atoms with Gasteiger partial charge in [0.25, 0.3) is 0 Å². The highest BCUT2D eigenvalue weighted by Crippen LogP contribution is 2.33. The maximum absolute atomic E-state index is 13.0. The van der Waals surface area contributed by atoms with E-state index in [4.69, 9.17) is 28.4 Å². The quantitative estimate of drug-likeness (QED) is 0.0533. The third-order valence-corrected chi connectivity index (χ3v) is 8.82. The van der Waals surface area contributed by atoms with Crippen LogP contribution in [0.5, 0.6) is 11.5 Å². The molecule has 2 atom stereocenters. The molecule has 0 spiro atoms. The summed E-state index contributed by atoms with van der Waals surface area (Å²) in [5.74, 6) is -5.03. The first kappa shape index (κ1) is 44.5. The Labute approximate surface area is 340 Å². The molecule has 14 nitrogen and oxygen atoms in total. The Morgan fingerprint density at radius 3 is 1.15 bits per heavy atom. The highest BCUT2D eigenvalue weighted by Gasteiger charge is 2.27.